The van der Waals surface area contributed by atoms with Crippen LogP contribution in [0.5, 0.6) is 0 Å². The lowest BCUT2D eigenvalue weighted by molar-refractivity contribution is -0.143. The van der Waals surface area contributed by atoms with Gasteiger partial charge in [-0.15, -0.1) is 11.3 Å². The fourth-order valence-electron chi connectivity index (χ4n) is 1.97. The molecule has 0 bridgehead atoms. The zero-order chi connectivity index (χ0) is 12.3. The van der Waals surface area contributed by atoms with Gasteiger partial charge in [-0.1, -0.05) is 0 Å². The summed E-state index contributed by atoms with van der Waals surface area (Å²) in [5, 5.41) is 5.17. The monoisotopic (exact) mass is 265 g/mol. The predicted octanol–water partition coefficient (Wildman–Crippen LogP) is 1.87. The molecule has 0 spiro atoms. The summed E-state index contributed by atoms with van der Waals surface area (Å²) in [4.78, 5) is 5.56. The second-order valence-electron chi connectivity index (χ2n) is 4.20. The standard InChI is InChI=1S/C10H14F3N3S/c11-10(12,13)6-16-2-1-8(4-16)14-3-9-5-17-7-15-9/h5,7-8,14H,1-4,6H2/t8-/m0/s1. The minimum Gasteiger partial charge on any atom is -0.307 e. The summed E-state index contributed by atoms with van der Waals surface area (Å²) in [5.41, 5.74) is 2.70. The summed E-state index contributed by atoms with van der Waals surface area (Å²) in [6, 6.07) is 0.138. The van der Waals surface area contributed by atoms with Crippen molar-refractivity contribution in [2.24, 2.45) is 0 Å². The van der Waals surface area contributed by atoms with Gasteiger partial charge in [0, 0.05) is 31.1 Å². The first kappa shape index (κ1) is 12.8. The van der Waals surface area contributed by atoms with Gasteiger partial charge in [0.15, 0.2) is 0 Å². The molecule has 2 heterocycles. The van der Waals surface area contributed by atoms with E-state index < -0.39 is 12.7 Å². The zero-order valence-corrected chi connectivity index (χ0v) is 10.0. The molecule has 1 atom stereocenters. The summed E-state index contributed by atoms with van der Waals surface area (Å²) in [6.45, 7) is 0.799. The summed E-state index contributed by atoms with van der Waals surface area (Å²) in [7, 11) is 0. The van der Waals surface area contributed by atoms with Gasteiger partial charge in [-0.3, -0.25) is 4.90 Å². The molecule has 0 saturated carbocycles. The lowest BCUT2D eigenvalue weighted by Gasteiger charge is -2.18. The number of aromatic nitrogens is 1. The second kappa shape index (κ2) is 5.32. The van der Waals surface area contributed by atoms with Gasteiger partial charge in [0.1, 0.15) is 0 Å². The van der Waals surface area contributed by atoms with Crippen LogP contribution in [0.25, 0.3) is 0 Å². The molecular formula is C10H14F3N3S. The zero-order valence-electron chi connectivity index (χ0n) is 9.20. The van der Waals surface area contributed by atoms with Crippen LogP contribution in [0, 0.1) is 0 Å². The van der Waals surface area contributed by atoms with Gasteiger partial charge in [0.05, 0.1) is 17.7 Å². The molecule has 7 heteroatoms. The highest BCUT2D eigenvalue weighted by atomic mass is 32.1. The lowest BCUT2D eigenvalue weighted by atomic mass is 10.2. The van der Waals surface area contributed by atoms with E-state index in [1.54, 1.807) is 5.51 Å². The molecule has 1 saturated heterocycles. The van der Waals surface area contributed by atoms with Crippen molar-refractivity contribution < 1.29 is 13.2 Å². The van der Waals surface area contributed by atoms with E-state index in [-0.39, 0.29) is 6.04 Å². The van der Waals surface area contributed by atoms with Crippen molar-refractivity contribution in [2.45, 2.75) is 25.2 Å². The number of thiazole rings is 1. The van der Waals surface area contributed by atoms with Crippen molar-refractivity contribution in [3.63, 3.8) is 0 Å². The van der Waals surface area contributed by atoms with E-state index in [2.05, 4.69) is 10.3 Å². The highest BCUT2D eigenvalue weighted by Gasteiger charge is 2.34. The quantitative estimate of drug-likeness (QED) is 0.901. The Morgan fingerprint density at radius 1 is 1.53 bits per heavy atom. The van der Waals surface area contributed by atoms with E-state index in [1.165, 1.54) is 16.2 Å². The molecule has 3 nitrogen and oxygen atoms in total. The maximum atomic E-state index is 12.2. The average molecular weight is 265 g/mol. The van der Waals surface area contributed by atoms with E-state index in [9.17, 15) is 13.2 Å². The minimum atomic E-state index is -4.09. The van der Waals surface area contributed by atoms with Crippen LogP contribution in [-0.2, 0) is 6.54 Å². The topological polar surface area (TPSA) is 28.2 Å². The number of halogens is 3. The van der Waals surface area contributed by atoms with Crippen LogP contribution in [0.4, 0.5) is 13.2 Å². The maximum absolute atomic E-state index is 12.2. The molecule has 96 valence electrons. The number of rotatable bonds is 4. The smallest absolute Gasteiger partial charge is 0.307 e. The molecule has 0 radical (unpaired) electrons. The van der Waals surface area contributed by atoms with Crippen molar-refractivity contribution in [3.8, 4) is 0 Å². The Labute approximate surface area is 102 Å². The molecule has 1 fully saturated rings. The van der Waals surface area contributed by atoms with E-state index in [0.29, 0.717) is 19.6 Å². The van der Waals surface area contributed by atoms with Gasteiger partial charge >= 0.3 is 6.18 Å². The van der Waals surface area contributed by atoms with Crippen molar-refractivity contribution in [3.05, 3.63) is 16.6 Å². The van der Waals surface area contributed by atoms with E-state index in [0.717, 1.165) is 12.1 Å². The summed E-state index contributed by atoms with van der Waals surface area (Å²) in [6.07, 6.45) is -3.33. The Morgan fingerprint density at radius 3 is 3.00 bits per heavy atom. The Balaban J connectivity index is 1.71. The fraction of sp³-hybridized carbons (Fsp3) is 0.700. The van der Waals surface area contributed by atoms with Gasteiger partial charge in [0.25, 0.3) is 0 Å². The molecule has 17 heavy (non-hydrogen) atoms. The van der Waals surface area contributed by atoms with E-state index in [4.69, 9.17) is 0 Å². The van der Waals surface area contributed by atoms with Gasteiger partial charge in [-0.2, -0.15) is 13.2 Å². The normalized spacial score (nSPS) is 22.2. The predicted molar refractivity (Wildman–Crippen MR) is 59.9 cm³/mol. The van der Waals surface area contributed by atoms with Crippen LogP contribution in [0.15, 0.2) is 10.9 Å². The van der Waals surface area contributed by atoms with Gasteiger partial charge in [-0.05, 0) is 6.42 Å². The molecule has 0 aromatic carbocycles. The molecule has 2 rings (SSSR count). The number of likely N-dealkylation sites (tertiary alicyclic amines) is 1. The van der Waals surface area contributed by atoms with Crippen molar-refractivity contribution in [2.75, 3.05) is 19.6 Å². The summed E-state index contributed by atoms with van der Waals surface area (Å²) in [5.74, 6) is 0. The van der Waals surface area contributed by atoms with Crippen LogP contribution in [-0.4, -0.2) is 41.7 Å². The Morgan fingerprint density at radius 2 is 2.35 bits per heavy atom. The third-order valence-electron chi connectivity index (χ3n) is 2.73. The molecule has 0 unspecified atom stereocenters. The third-order valence-corrected chi connectivity index (χ3v) is 3.37. The molecule has 1 aromatic rings. The Bertz CT molecular complexity index is 339. The van der Waals surface area contributed by atoms with Crippen LogP contribution in [0.2, 0.25) is 0 Å². The van der Waals surface area contributed by atoms with Crippen LogP contribution in [0.3, 0.4) is 0 Å². The highest BCUT2D eigenvalue weighted by molar-refractivity contribution is 7.07. The number of nitrogens with one attached hydrogen (secondary N) is 1. The van der Waals surface area contributed by atoms with E-state index in [1.807, 2.05) is 5.38 Å². The highest BCUT2D eigenvalue weighted by Crippen LogP contribution is 2.20. The fourth-order valence-corrected chi connectivity index (χ4v) is 2.53. The van der Waals surface area contributed by atoms with Crippen LogP contribution in [0.1, 0.15) is 12.1 Å². The lowest BCUT2D eigenvalue weighted by Crippen LogP contribution is -2.36. The number of hydrogen-bond donors (Lipinski definition) is 1. The van der Waals surface area contributed by atoms with Gasteiger partial charge < -0.3 is 5.32 Å². The first-order valence-corrected chi connectivity index (χ1v) is 6.37. The molecule has 1 N–H and O–H groups in total. The van der Waals surface area contributed by atoms with Crippen molar-refractivity contribution in [1.29, 1.82) is 0 Å². The van der Waals surface area contributed by atoms with Crippen molar-refractivity contribution in [1.82, 2.24) is 15.2 Å². The third kappa shape index (κ3) is 4.25. The number of alkyl halides is 3. The second-order valence-corrected chi connectivity index (χ2v) is 4.92. The molecule has 1 aromatic heterocycles. The van der Waals surface area contributed by atoms with Gasteiger partial charge in [0.2, 0.25) is 0 Å². The summed E-state index contributed by atoms with van der Waals surface area (Å²) >= 11 is 1.52. The van der Waals surface area contributed by atoms with Crippen molar-refractivity contribution >= 4 is 11.3 Å². The average Bonchev–Trinajstić information content (AvgIpc) is 2.82. The number of hydrogen-bond acceptors (Lipinski definition) is 4. The van der Waals surface area contributed by atoms with E-state index >= 15 is 0 Å². The first-order valence-electron chi connectivity index (χ1n) is 5.42. The number of nitrogens with zero attached hydrogens (tertiary/aromatic N) is 2. The van der Waals surface area contributed by atoms with Gasteiger partial charge in [-0.25, -0.2) is 4.98 Å². The summed E-state index contributed by atoms with van der Waals surface area (Å²) < 4.78 is 36.5. The molecule has 1 aliphatic rings. The van der Waals surface area contributed by atoms with Crippen LogP contribution >= 0.6 is 11.3 Å². The Hall–Kier alpha value is -0.660. The minimum absolute atomic E-state index is 0.138. The van der Waals surface area contributed by atoms with Crippen LogP contribution < -0.4 is 5.32 Å². The molecule has 0 amide bonds. The maximum Gasteiger partial charge on any atom is 0.401 e. The largest absolute Gasteiger partial charge is 0.401 e. The SMILES string of the molecule is FC(F)(F)CN1CC[C@H](NCc2cscn2)C1. The molecular weight excluding hydrogens is 251 g/mol. The molecule has 0 aliphatic carbocycles. The Kier molecular flexibility index (Phi) is 4.01. The first-order chi connectivity index (χ1) is 8.03. The molecule has 1 aliphatic heterocycles.